The third kappa shape index (κ3) is 2.09. The summed E-state index contributed by atoms with van der Waals surface area (Å²) in [5.41, 5.74) is 0.885. The van der Waals surface area contributed by atoms with Gasteiger partial charge < -0.3 is 13.7 Å². The molecule has 0 bridgehead atoms. The van der Waals surface area contributed by atoms with E-state index in [4.69, 9.17) is 13.7 Å². The molecule has 1 fully saturated rings. The van der Waals surface area contributed by atoms with E-state index < -0.39 is 7.12 Å². The minimum atomic E-state index is -0.474. The van der Waals surface area contributed by atoms with Gasteiger partial charge in [-0.25, -0.2) is 4.98 Å². The van der Waals surface area contributed by atoms with Crippen LogP contribution in [0, 0.1) is 6.92 Å². The molecule has 0 N–H and O–H groups in total. The Hall–Kier alpha value is -1.53. The van der Waals surface area contributed by atoms with Crippen LogP contribution in [0.2, 0.25) is 0 Å². The van der Waals surface area contributed by atoms with Crippen molar-refractivity contribution in [3.63, 3.8) is 0 Å². The van der Waals surface area contributed by atoms with Crippen molar-refractivity contribution in [3.05, 3.63) is 30.4 Å². The molecule has 0 aliphatic carbocycles. The standard InChI is InChI=1S/C14H19BN2O3/c1-10-8-17(9-16-10)12-7-6-11(18-12)15-19-13(2,3)14(4,5)20-15/h6-9H,1-5H3. The molecule has 2 aromatic heterocycles. The number of rotatable bonds is 2. The van der Waals surface area contributed by atoms with Gasteiger partial charge in [0.15, 0.2) is 0 Å². The van der Waals surface area contributed by atoms with Crippen molar-refractivity contribution in [2.45, 2.75) is 45.8 Å². The van der Waals surface area contributed by atoms with Gasteiger partial charge in [-0.3, -0.25) is 4.57 Å². The van der Waals surface area contributed by atoms with Crippen LogP contribution in [0.4, 0.5) is 0 Å². The molecule has 0 amide bonds. The first-order valence-corrected chi connectivity index (χ1v) is 6.75. The first kappa shape index (κ1) is 13.5. The molecule has 5 nitrogen and oxygen atoms in total. The van der Waals surface area contributed by atoms with E-state index in [1.54, 1.807) is 6.33 Å². The summed E-state index contributed by atoms with van der Waals surface area (Å²) in [4.78, 5) is 4.19. The summed E-state index contributed by atoms with van der Waals surface area (Å²) >= 11 is 0. The van der Waals surface area contributed by atoms with Crippen LogP contribution in [0.5, 0.6) is 0 Å². The van der Waals surface area contributed by atoms with Crippen molar-refractivity contribution in [3.8, 4) is 5.88 Å². The molecule has 3 rings (SSSR count). The number of hydrogen-bond acceptors (Lipinski definition) is 4. The monoisotopic (exact) mass is 274 g/mol. The Morgan fingerprint density at radius 2 is 1.75 bits per heavy atom. The highest BCUT2D eigenvalue weighted by Gasteiger charge is 2.53. The molecule has 3 heterocycles. The zero-order valence-electron chi connectivity index (χ0n) is 12.5. The minimum Gasteiger partial charge on any atom is -0.448 e. The number of aryl methyl sites for hydroxylation is 1. The molecule has 1 aliphatic rings. The molecule has 0 atom stereocenters. The lowest BCUT2D eigenvalue weighted by molar-refractivity contribution is 0.00578. The number of aromatic nitrogens is 2. The maximum absolute atomic E-state index is 5.96. The Kier molecular flexibility index (Phi) is 2.85. The van der Waals surface area contributed by atoms with E-state index >= 15 is 0 Å². The molecule has 0 spiro atoms. The van der Waals surface area contributed by atoms with Crippen LogP contribution in [-0.4, -0.2) is 27.9 Å². The predicted molar refractivity (Wildman–Crippen MR) is 76.3 cm³/mol. The zero-order valence-corrected chi connectivity index (χ0v) is 12.5. The topological polar surface area (TPSA) is 49.4 Å². The second kappa shape index (κ2) is 4.23. The second-order valence-corrected chi connectivity index (χ2v) is 6.19. The molecule has 1 aliphatic heterocycles. The van der Waals surface area contributed by atoms with Crippen LogP contribution in [0.3, 0.4) is 0 Å². The SMILES string of the molecule is Cc1cn(-c2ccc(B3OC(C)(C)C(C)(C)O3)o2)cn1. The fourth-order valence-electron chi connectivity index (χ4n) is 2.11. The summed E-state index contributed by atoms with van der Waals surface area (Å²) in [6.07, 6.45) is 3.63. The van der Waals surface area contributed by atoms with Crippen molar-refractivity contribution in [2.24, 2.45) is 0 Å². The summed E-state index contributed by atoms with van der Waals surface area (Å²) in [6, 6.07) is 3.77. The Bertz CT molecular complexity index is 614. The number of imidazole rings is 1. The second-order valence-electron chi connectivity index (χ2n) is 6.19. The number of furan rings is 1. The van der Waals surface area contributed by atoms with E-state index in [-0.39, 0.29) is 11.2 Å². The van der Waals surface area contributed by atoms with E-state index in [0.717, 1.165) is 5.69 Å². The lowest BCUT2D eigenvalue weighted by atomic mass is 9.86. The molecular formula is C14H19BN2O3. The highest BCUT2D eigenvalue weighted by molar-refractivity contribution is 6.60. The molecule has 1 saturated heterocycles. The van der Waals surface area contributed by atoms with Crippen molar-refractivity contribution >= 4 is 12.8 Å². The first-order valence-electron chi connectivity index (χ1n) is 6.75. The fourth-order valence-corrected chi connectivity index (χ4v) is 2.11. The molecule has 0 aromatic carbocycles. The van der Waals surface area contributed by atoms with Gasteiger partial charge in [0.05, 0.1) is 16.9 Å². The van der Waals surface area contributed by atoms with Crippen LogP contribution < -0.4 is 5.66 Å². The summed E-state index contributed by atoms with van der Waals surface area (Å²) in [6.45, 7) is 10.0. The summed E-state index contributed by atoms with van der Waals surface area (Å²) in [5.74, 6) is 0.704. The van der Waals surface area contributed by atoms with Crippen LogP contribution in [0.15, 0.2) is 29.1 Å². The van der Waals surface area contributed by atoms with Crippen LogP contribution >= 0.6 is 0 Å². The van der Waals surface area contributed by atoms with E-state index in [2.05, 4.69) is 4.98 Å². The van der Waals surface area contributed by atoms with Gasteiger partial charge in [0.1, 0.15) is 12.0 Å². The Labute approximate surface area is 119 Å². The lowest BCUT2D eigenvalue weighted by Gasteiger charge is -2.32. The average Bonchev–Trinajstić information content (AvgIpc) is 2.98. The quantitative estimate of drug-likeness (QED) is 0.787. The van der Waals surface area contributed by atoms with Gasteiger partial charge in [-0.1, -0.05) is 0 Å². The fraction of sp³-hybridized carbons (Fsp3) is 0.500. The van der Waals surface area contributed by atoms with Crippen LogP contribution in [-0.2, 0) is 9.31 Å². The minimum absolute atomic E-state index is 0.365. The Morgan fingerprint density at radius 1 is 1.10 bits per heavy atom. The van der Waals surface area contributed by atoms with E-state index in [1.807, 2.05) is 57.5 Å². The third-order valence-corrected chi connectivity index (χ3v) is 4.06. The summed E-state index contributed by atoms with van der Waals surface area (Å²) in [7, 11) is -0.474. The van der Waals surface area contributed by atoms with Gasteiger partial charge in [-0.15, -0.1) is 0 Å². The maximum Gasteiger partial charge on any atom is 0.532 e. The Balaban J connectivity index is 1.85. The van der Waals surface area contributed by atoms with Crippen molar-refractivity contribution in [1.82, 2.24) is 9.55 Å². The Morgan fingerprint density at radius 3 is 2.30 bits per heavy atom. The van der Waals surface area contributed by atoms with Crippen LogP contribution in [0.1, 0.15) is 33.4 Å². The normalized spacial score (nSPS) is 20.6. The molecular weight excluding hydrogens is 255 g/mol. The summed E-state index contributed by atoms with van der Waals surface area (Å²) < 4.78 is 19.6. The van der Waals surface area contributed by atoms with Crippen molar-refractivity contribution in [1.29, 1.82) is 0 Å². The third-order valence-electron chi connectivity index (χ3n) is 4.06. The lowest BCUT2D eigenvalue weighted by Crippen LogP contribution is -2.41. The molecule has 0 unspecified atom stereocenters. The molecule has 2 aromatic rings. The zero-order chi connectivity index (χ0) is 14.5. The van der Waals surface area contributed by atoms with Crippen molar-refractivity contribution < 1.29 is 13.7 Å². The molecule has 0 saturated carbocycles. The van der Waals surface area contributed by atoms with Gasteiger partial charge in [0.25, 0.3) is 0 Å². The molecule has 0 radical (unpaired) electrons. The molecule has 20 heavy (non-hydrogen) atoms. The molecule has 106 valence electrons. The van der Waals surface area contributed by atoms with Gasteiger partial charge in [0, 0.05) is 12.3 Å². The predicted octanol–water partition coefficient (Wildman–Crippen LogP) is 2.07. The van der Waals surface area contributed by atoms with Crippen molar-refractivity contribution in [2.75, 3.05) is 0 Å². The van der Waals surface area contributed by atoms with Crippen LogP contribution in [0.25, 0.3) is 5.88 Å². The number of hydrogen-bond donors (Lipinski definition) is 0. The number of nitrogens with zero attached hydrogens (tertiary/aromatic N) is 2. The van der Waals surface area contributed by atoms with Gasteiger partial charge in [0.2, 0.25) is 5.88 Å². The van der Waals surface area contributed by atoms with E-state index in [9.17, 15) is 0 Å². The average molecular weight is 274 g/mol. The van der Waals surface area contributed by atoms with E-state index in [1.165, 1.54) is 0 Å². The highest BCUT2D eigenvalue weighted by atomic mass is 16.7. The first-order chi connectivity index (χ1) is 9.28. The maximum atomic E-state index is 5.96. The highest BCUT2D eigenvalue weighted by Crippen LogP contribution is 2.36. The van der Waals surface area contributed by atoms with Gasteiger partial charge >= 0.3 is 7.12 Å². The smallest absolute Gasteiger partial charge is 0.448 e. The largest absolute Gasteiger partial charge is 0.532 e. The summed E-state index contributed by atoms with van der Waals surface area (Å²) in [5, 5.41) is 0. The molecule has 6 heteroatoms. The van der Waals surface area contributed by atoms with Gasteiger partial charge in [-0.2, -0.15) is 0 Å². The van der Waals surface area contributed by atoms with Gasteiger partial charge in [-0.05, 0) is 40.7 Å². The van der Waals surface area contributed by atoms with E-state index in [0.29, 0.717) is 11.5 Å².